The number of hydrogen-bond donors (Lipinski definition) is 1. The summed E-state index contributed by atoms with van der Waals surface area (Å²) in [6, 6.07) is 2.05. The number of nitrogens with zero attached hydrogens (tertiary/aromatic N) is 1. The number of pyridine rings is 1. The fraction of sp³-hybridized carbons (Fsp3) is 0.400. The third-order valence-corrected chi connectivity index (χ3v) is 2.34. The van der Waals surface area contributed by atoms with E-state index < -0.39 is 24.5 Å². The van der Waals surface area contributed by atoms with E-state index in [1.165, 1.54) is 19.2 Å². The maximum Gasteiger partial charge on any atom is 0.391 e. The van der Waals surface area contributed by atoms with E-state index in [1.54, 1.807) is 6.07 Å². The van der Waals surface area contributed by atoms with Crippen LogP contribution >= 0.6 is 15.9 Å². The van der Waals surface area contributed by atoms with Gasteiger partial charge in [-0.15, -0.1) is 0 Å². The Labute approximate surface area is 105 Å². The molecule has 1 amide bonds. The molecular weight excluding hydrogens is 301 g/mol. The molecule has 17 heavy (non-hydrogen) atoms. The highest BCUT2D eigenvalue weighted by atomic mass is 79.9. The minimum Gasteiger partial charge on any atom is -0.348 e. The molecule has 1 atom stereocenters. The second-order valence-electron chi connectivity index (χ2n) is 3.56. The molecule has 0 aliphatic carbocycles. The molecule has 1 rings (SSSR count). The van der Waals surface area contributed by atoms with Gasteiger partial charge in [0, 0.05) is 16.7 Å². The van der Waals surface area contributed by atoms with Gasteiger partial charge in [0.1, 0.15) is 5.69 Å². The van der Waals surface area contributed by atoms with Crippen molar-refractivity contribution in [3.8, 4) is 0 Å². The zero-order chi connectivity index (χ0) is 13.1. The molecule has 0 fully saturated rings. The Bertz CT molecular complexity index is 392. The minimum atomic E-state index is -4.29. The van der Waals surface area contributed by atoms with Gasteiger partial charge < -0.3 is 5.32 Å². The number of halogens is 4. The molecule has 1 N–H and O–H groups in total. The number of hydrogen-bond acceptors (Lipinski definition) is 2. The highest BCUT2D eigenvalue weighted by molar-refractivity contribution is 9.10. The first kappa shape index (κ1) is 14.0. The quantitative estimate of drug-likeness (QED) is 0.932. The van der Waals surface area contributed by atoms with Gasteiger partial charge >= 0.3 is 6.18 Å². The summed E-state index contributed by atoms with van der Waals surface area (Å²) in [4.78, 5) is 15.3. The van der Waals surface area contributed by atoms with Crippen molar-refractivity contribution in [2.75, 3.05) is 0 Å². The molecule has 94 valence electrons. The van der Waals surface area contributed by atoms with E-state index in [9.17, 15) is 18.0 Å². The lowest BCUT2D eigenvalue weighted by molar-refractivity contribution is -0.138. The van der Waals surface area contributed by atoms with Crippen molar-refractivity contribution in [1.82, 2.24) is 10.3 Å². The van der Waals surface area contributed by atoms with Crippen molar-refractivity contribution in [3.63, 3.8) is 0 Å². The molecule has 0 aliphatic heterocycles. The van der Waals surface area contributed by atoms with Gasteiger partial charge in [0.25, 0.3) is 5.91 Å². The number of amides is 1. The van der Waals surface area contributed by atoms with Gasteiger partial charge in [-0.05, 0) is 35.0 Å². The van der Waals surface area contributed by atoms with Crippen LogP contribution in [0.4, 0.5) is 13.2 Å². The Balaban J connectivity index is 2.57. The summed E-state index contributed by atoms with van der Waals surface area (Å²) in [6.45, 7) is 1.30. The second-order valence-corrected chi connectivity index (χ2v) is 4.47. The molecule has 1 unspecified atom stereocenters. The van der Waals surface area contributed by atoms with Gasteiger partial charge in [-0.1, -0.05) is 0 Å². The van der Waals surface area contributed by atoms with Gasteiger partial charge in [0.15, 0.2) is 0 Å². The van der Waals surface area contributed by atoms with Crippen LogP contribution in [0.2, 0.25) is 0 Å². The topological polar surface area (TPSA) is 42.0 Å². The Morgan fingerprint density at radius 1 is 1.53 bits per heavy atom. The van der Waals surface area contributed by atoms with Crippen LogP contribution in [0.1, 0.15) is 23.8 Å². The fourth-order valence-corrected chi connectivity index (χ4v) is 1.44. The minimum absolute atomic E-state index is 0.0854. The second kappa shape index (κ2) is 5.48. The van der Waals surface area contributed by atoms with Crippen LogP contribution in [0.15, 0.2) is 22.8 Å². The van der Waals surface area contributed by atoms with E-state index in [0.29, 0.717) is 4.47 Å². The Morgan fingerprint density at radius 3 is 2.65 bits per heavy atom. The summed E-state index contributed by atoms with van der Waals surface area (Å²) < 4.78 is 36.8. The van der Waals surface area contributed by atoms with Crippen molar-refractivity contribution in [2.45, 2.75) is 25.6 Å². The molecule has 0 spiro atoms. The standard InChI is InChI=1S/C10H10BrF3N2O/c1-6(4-10(12,13)14)16-9(17)8-3-2-7(11)5-15-8/h2-3,5-6H,4H2,1H3,(H,16,17). The Morgan fingerprint density at radius 2 is 2.18 bits per heavy atom. The molecule has 3 nitrogen and oxygen atoms in total. The number of rotatable bonds is 3. The zero-order valence-electron chi connectivity index (χ0n) is 8.88. The lowest BCUT2D eigenvalue weighted by Crippen LogP contribution is -2.36. The summed E-state index contributed by atoms with van der Waals surface area (Å²) in [5.41, 5.74) is 0.0854. The predicted molar refractivity (Wildman–Crippen MR) is 59.5 cm³/mol. The SMILES string of the molecule is CC(CC(F)(F)F)NC(=O)c1ccc(Br)cn1. The van der Waals surface area contributed by atoms with Crippen LogP contribution in [0.5, 0.6) is 0 Å². The summed E-state index contributed by atoms with van der Waals surface area (Å²) >= 11 is 3.14. The van der Waals surface area contributed by atoms with E-state index >= 15 is 0 Å². The number of alkyl halides is 3. The van der Waals surface area contributed by atoms with Crippen molar-refractivity contribution in [3.05, 3.63) is 28.5 Å². The third kappa shape index (κ3) is 5.16. The van der Waals surface area contributed by atoms with Crippen LogP contribution in [0.25, 0.3) is 0 Å². The van der Waals surface area contributed by atoms with E-state index in [1.807, 2.05) is 0 Å². The first-order chi connectivity index (χ1) is 7.78. The van der Waals surface area contributed by atoms with E-state index in [0.717, 1.165) is 0 Å². The number of carbonyl (C=O) groups excluding carboxylic acids is 1. The first-order valence-corrected chi connectivity index (χ1v) is 5.56. The van der Waals surface area contributed by atoms with Crippen molar-refractivity contribution in [2.24, 2.45) is 0 Å². The molecule has 0 aromatic carbocycles. The highest BCUT2D eigenvalue weighted by Crippen LogP contribution is 2.21. The number of nitrogens with one attached hydrogen (secondary N) is 1. The molecule has 7 heteroatoms. The van der Waals surface area contributed by atoms with E-state index in [-0.39, 0.29) is 5.69 Å². The fourth-order valence-electron chi connectivity index (χ4n) is 1.21. The number of carbonyl (C=O) groups is 1. The first-order valence-electron chi connectivity index (χ1n) is 4.77. The summed E-state index contributed by atoms with van der Waals surface area (Å²) in [5.74, 6) is -0.616. The van der Waals surface area contributed by atoms with Crippen molar-refractivity contribution >= 4 is 21.8 Å². The smallest absolute Gasteiger partial charge is 0.348 e. The normalized spacial score (nSPS) is 13.2. The zero-order valence-corrected chi connectivity index (χ0v) is 10.5. The average molecular weight is 311 g/mol. The van der Waals surface area contributed by atoms with Crippen LogP contribution in [-0.2, 0) is 0 Å². The predicted octanol–water partition coefficient (Wildman–Crippen LogP) is 2.91. The largest absolute Gasteiger partial charge is 0.391 e. The molecule has 0 radical (unpaired) electrons. The van der Waals surface area contributed by atoms with Gasteiger partial charge in [0.2, 0.25) is 0 Å². The molecule has 1 aromatic rings. The monoisotopic (exact) mass is 310 g/mol. The maximum absolute atomic E-state index is 12.0. The molecule has 0 aliphatic rings. The molecule has 1 heterocycles. The summed E-state index contributed by atoms with van der Waals surface area (Å²) in [7, 11) is 0. The maximum atomic E-state index is 12.0. The van der Waals surface area contributed by atoms with Gasteiger partial charge in [0.05, 0.1) is 6.42 Å². The van der Waals surface area contributed by atoms with Crippen molar-refractivity contribution in [1.29, 1.82) is 0 Å². The van der Waals surface area contributed by atoms with Crippen LogP contribution in [-0.4, -0.2) is 23.1 Å². The molecule has 0 saturated carbocycles. The highest BCUT2D eigenvalue weighted by Gasteiger charge is 2.30. The lowest BCUT2D eigenvalue weighted by Gasteiger charge is -2.15. The number of aromatic nitrogens is 1. The average Bonchev–Trinajstić information content (AvgIpc) is 2.15. The summed E-state index contributed by atoms with van der Waals surface area (Å²) in [6.07, 6.45) is -3.95. The molecule has 0 bridgehead atoms. The van der Waals surface area contributed by atoms with Gasteiger partial charge in [-0.2, -0.15) is 13.2 Å². The Hall–Kier alpha value is -1.11. The summed E-state index contributed by atoms with van der Waals surface area (Å²) in [5, 5.41) is 2.24. The molecule has 0 saturated heterocycles. The van der Waals surface area contributed by atoms with E-state index in [2.05, 4.69) is 26.2 Å². The van der Waals surface area contributed by atoms with Crippen LogP contribution in [0.3, 0.4) is 0 Å². The third-order valence-electron chi connectivity index (χ3n) is 1.88. The molecule has 1 aromatic heterocycles. The molecular formula is C10H10BrF3N2O. The lowest BCUT2D eigenvalue weighted by atomic mass is 10.2. The van der Waals surface area contributed by atoms with Crippen molar-refractivity contribution < 1.29 is 18.0 Å². The Kier molecular flexibility index (Phi) is 4.50. The van der Waals surface area contributed by atoms with Gasteiger partial charge in [-0.25, -0.2) is 4.98 Å². The van der Waals surface area contributed by atoms with E-state index in [4.69, 9.17) is 0 Å². The van der Waals surface area contributed by atoms with Crippen LogP contribution in [0, 0.1) is 0 Å². The van der Waals surface area contributed by atoms with Crippen LogP contribution < -0.4 is 5.32 Å². The van der Waals surface area contributed by atoms with Gasteiger partial charge in [-0.3, -0.25) is 4.79 Å².